The molecular weight excluding hydrogens is 300 g/mol. The van der Waals surface area contributed by atoms with Gasteiger partial charge in [0.2, 0.25) is 15.9 Å². The molecule has 0 radical (unpaired) electrons. The first-order valence-corrected chi connectivity index (χ1v) is 9.28. The summed E-state index contributed by atoms with van der Waals surface area (Å²) in [5.41, 5.74) is 1.04. The average Bonchev–Trinajstić information content (AvgIpc) is 2.53. The van der Waals surface area contributed by atoms with Crippen molar-refractivity contribution in [2.45, 2.75) is 43.9 Å². The summed E-state index contributed by atoms with van der Waals surface area (Å²) in [6, 6.07) is 6.97. The zero-order chi connectivity index (χ0) is 16.0. The van der Waals surface area contributed by atoms with Crippen LogP contribution in [0.2, 0.25) is 0 Å². The van der Waals surface area contributed by atoms with Crippen LogP contribution in [-0.4, -0.2) is 38.3 Å². The normalized spacial score (nSPS) is 19.2. The van der Waals surface area contributed by atoms with Crippen LogP contribution in [0.1, 0.15) is 37.7 Å². The van der Waals surface area contributed by atoms with E-state index in [1.165, 1.54) is 0 Å². The highest BCUT2D eigenvalue weighted by Crippen LogP contribution is 2.18. The maximum absolute atomic E-state index is 12.8. The summed E-state index contributed by atoms with van der Waals surface area (Å²) in [6.07, 6.45) is 3.64. The topological polar surface area (TPSA) is 66.5 Å². The van der Waals surface area contributed by atoms with E-state index in [9.17, 15) is 13.2 Å². The van der Waals surface area contributed by atoms with Gasteiger partial charge in [-0.1, -0.05) is 24.1 Å². The second-order valence-electron chi connectivity index (χ2n) is 5.73. The van der Waals surface area contributed by atoms with Crippen LogP contribution in [0.25, 0.3) is 0 Å². The van der Waals surface area contributed by atoms with Gasteiger partial charge in [-0.2, -0.15) is 4.31 Å². The summed E-state index contributed by atoms with van der Waals surface area (Å²) in [6.45, 7) is 3.42. The molecule has 22 heavy (non-hydrogen) atoms. The van der Waals surface area contributed by atoms with Gasteiger partial charge in [0.25, 0.3) is 0 Å². The highest BCUT2D eigenvalue weighted by molar-refractivity contribution is 7.89. The lowest BCUT2D eigenvalue weighted by Crippen LogP contribution is -2.34. The molecule has 6 heteroatoms. The SMILES string of the molecule is Cc1ccc(S(=O)(=O)N2CCCCCC(=O)NCCC2)cc1. The number of rotatable bonds is 2. The van der Waals surface area contributed by atoms with Crippen molar-refractivity contribution in [2.24, 2.45) is 0 Å². The lowest BCUT2D eigenvalue weighted by molar-refractivity contribution is -0.121. The molecule has 0 unspecified atom stereocenters. The zero-order valence-corrected chi connectivity index (χ0v) is 13.9. The molecule has 1 fully saturated rings. The Kier molecular flexibility index (Phi) is 5.97. The number of amides is 1. The summed E-state index contributed by atoms with van der Waals surface area (Å²) >= 11 is 0. The van der Waals surface area contributed by atoms with Crippen molar-refractivity contribution in [1.29, 1.82) is 0 Å². The summed E-state index contributed by atoms with van der Waals surface area (Å²) in [4.78, 5) is 11.8. The van der Waals surface area contributed by atoms with Gasteiger partial charge in [-0.05, 0) is 38.3 Å². The van der Waals surface area contributed by atoms with E-state index >= 15 is 0 Å². The Hall–Kier alpha value is -1.40. The third kappa shape index (κ3) is 4.55. The minimum Gasteiger partial charge on any atom is -0.356 e. The molecule has 1 amide bonds. The quantitative estimate of drug-likeness (QED) is 0.905. The van der Waals surface area contributed by atoms with Crippen LogP contribution in [0.3, 0.4) is 0 Å². The van der Waals surface area contributed by atoms with Gasteiger partial charge in [-0.3, -0.25) is 4.79 Å². The molecule has 0 aromatic heterocycles. The van der Waals surface area contributed by atoms with Crippen LogP contribution in [0.15, 0.2) is 29.2 Å². The third-order valence-corrected chi connectivity index (χ3v) is 5.79. The lowest BCUT2D eigenvalue weighted by atomic mass is 10.2. The van der Waals surface area contributed by atoms with Gasteiger partial charge in [0.15, 0.2) is 0 Å². The molecule has 1 saturated heterocycles. The molecule has 1 aliphatic rings. The molecule has 1 aromatic rings. The second-order valence-corrected chi connectivity index (χ2v) is 7.67. The second kappa shape index (κ2) is 7.74. The number of nitrogens with zero attached hydrogens (tertiary/aromatic N) is 1. The van der Waals surface area contributed by atoms with Crippen molar-refractivity contribution < 1.29 is 13.2 Å². The van der Waals surface area contributed by atoms with E-state index in [4.69, 9.17) is 0 Å². The van der Waals surface area contributed by atoms with Crippen LogP contribution in [0.5, 0.6) is 0 Å². The van der Waals surface area contributed by atoms with Crippen LogP contribution in [-0.2, 0) is 14.8 Å². The van der Waals surface area contributed by atoms with Crippen LogP contribution < -0.4 is 5.32 Å². The number of nitrogens with one attached hydrogen (secondary N) is 1. The standard InChI is InChI=1S/C16H24N2O3S/c1-14-7-9-15(10-8-14)22(20,21)18-12-4-2-3-6-16(19)17-11-5-13-18/h7-10H,2-6,11-13H2,1H3,(H,17,19). The van der Waals surface area contributed by atoms with Crippen molar-refractivity contribution >= 4 is 15.9 Å². The molecule has 0 saturated carbocycles. The van der Waals surface area contributed by atoms with Crippen molar-refractivity contribution in [2.75, 3.05) is 19.6 Å². The van der Waals surface area contributed by atoms with Gasteiger partial charge in [0.1, 0.15) is 0 Å². The van der Waals surface area contributed by atoms with Crippen molar-refractivity contribution in [3.63, 3.8) is 0 Å². The van der Waals surface area contributed by atoms with Gasteiger partial charge in [0, 0.05) is 26.1 Å². The Balaban J connectivity index is 2.12. The minimum atomic E-state index is -3.45. The smallest absolute Gasteiger partial charge is 0.243 e. The molecule has 1 aromatic carbocycles. The Morgan fingerprint density at radius 1 is 1.00 bits per heavy atom. The van der Waals surface area contributed by atoms with E-state index in [2.05, 4.69) is 5.32 Å². The Labute approximate surface area is 132 Å². The van der Waals surface area contributed by atoms with E-state index in [-0.39, 0.29) is 5.91 Å². The fourth-order valence-electron chi connectivity index (χ4n) is 2.53. The fraction of sp³-hybridized carbons (Fsp3) is 0.562. The largest absolute Gasteiger partial charge is 0.356 e. The van der Waals surface area contributed by atoms with Crippen molar-refractivity contribution in [3.8, 4) is 0 Å². The maximum Gasteiger partial charge on any atom is 0.243 e. The number of benzene rings is 1. The molecule has 0 bridgehead atoms. The van der Waals surface area contributed by atoms with Crippen molar-refractivity contribution in [3.05, 3.63) is 29.8 Å². The van der Waals surface area contributed by atoms with Gasteiger partial charge in [-0.15, -0.1) is 0 Å². The van der Waals surface area contributed by atoms with Crippen LogP contribution in [0.4, 0.5) is 0 Å². The molecule has 1 heterocycles. The number of carbonyl (C=O) groups excluding carboxylic acids is 1. The first-order valence-electron chi connectivity index (χ1n) is 7.84. The molecule has 1 N–H and O–H groups in total. The Morgan fingerprint density at radius 2 is 1.68 bits per heavy atom. The number of hydrogen-bond acceptors (Lipinski definition) is 3. The first kappa shape index (κ1) is 17.0. The summed E-state index contributed by atoms with van der Waals surface area (Å²) < 4.78 is 27.1. The third-order valence-electron chi connectivity index (χ3n) is 3.88. The highest BCUT2D eigenvalue weighted by atomic mass is 32.2. The number of carbonyl (C=O) groups is 1. The molecule has 0 spiro atoms. The van der Waals surface area contributed by atoms with Gasteiger partial charge < -0.3 is 5.32 Å². The number of hydrogen-bond donors (Lipinski definition) is 1. The Morgan fingerprint density at radius 3 is 2.41 bits per heavy atom. The van der Waals surface area contributed by atoms with Gasteiger partial charge in [0.05, 0.1) is 4.90 Å². The predicted molar refractivity (Wildman–Crippen MR) is 86.0 cm³/mol. The van der Waals surface area contributed by atoms with Gasteiger partial charge in [-0.25, -0.2) is 8.42 Å². The lowest BCUT2D eigenvalue weighted by Gasteiger charge is -2.22. The summed E-state index contributed by atoms with van der Waals surface area (Å²) in [5.74, 6) is 0.0647. The summed E-state index contributed by atoms with van der Waals surface area (Å²) in [7, 11) is -3.45. The summed E-state index contributed by atoms with van der Waals surface area (Å²) in [5, 5.41) is 2.84. The highest BCUT2D eigenvalue weighted by Gasteiger charge is 2.23. The maximum atomic E-state index is 12.8. The van der Waals surface area contributed by atoms with Crippen LogP contribution in [0, 0.1) is 6.92 Å². The van der Waals surface area contributed by atoms with E-state index in [0.29, 0.717) is 37.4 Å². The monoisotopic (exact) mass is 324 g/mol. The van der Waals surface area contributed by atoms with Crippen LogP contribution >= 0.6 is 0 Å². The molecule has 5 nitrogen and oxygen atoms in total. The van der Waals surface area contributed by atoms with E-state index in [0.717, 1.165) is 24.8 Å². The first-order chi connectivity index (χ1) is 10.5. The molecule has 122 valence electrons. The predicted octanol–water partition coefficient (Wildman–Crippen LogP) is 2.07. The minimum absolute atomic E-state index is 0.0647. The zero-order valence-electron chi connectivity index (χ0n) is 13.0. The number of sulfonamides is 1. The average molecular weight is 324 g/mol. The Bertz CT molecular complexity index is 596. The van der Waals surface area contributed by atoms with E-state index in [1.807, 2.05) is 19.1 Å². The molecule has 1 aliphatic heterocycles. The molecular formula is C16H24N2O3S. The van der Waals surface area contributed by atoms with E-state index < -0.39 is 10.0 Å². The van der Waals surface area contributed by atoms with Gasteiger partial charge >= 0.3 is 0 Å². The number of aryl methyl sites for hydroxylation is 1. The van der Waals surface area contributed by atoms with E-state index in [1.54, 1.807) is 16.4 Å². The molecule has 2 rings (SSSR count). The van der Waals surface area contributed by atoms with Crippen molar-refractivity contribution in [1.82, 2.24) is 9.62 Å². The molecule has 0 atom stereocenters. The fourth-order valence-corrected chi connectivity index (χ4v) is 4.05. The molecule has 0 aliphatic carbocycles.